The van der Waals surface area contributed by atoms with Gasteiger partial charge in [0.25, 0.3) is 0 Å². The zero-order valence-electron chi connectivity index (χ0n) is 6.65. The van der Waals surface area contributed by atoms with E-state index in [0.717, 1.165) is 5.01 Å². The quantitative estimate of drug-likeness (QED) is 0.729. The molecule has 1 aromatic heterocycles. The molecule has 0 atom stereocenters. The maximum Gasteiger partial charge on any atom is 0.331 e. The van der Waals surface area contributed by atoms with Crippen LogP contribution in [0.5, 0.6) is 0 Å². The second-order valence-corrected chi connectivity index (χ2v) is 3.12. The van der Waals surface area contributed by atoms with Crippen molar-refractivity contribution in [3.63, 3.8) is 0 Å². The molecule has 0 aliphatic carbocycles. The van der Waals surface area contributed by atoms with Gasteiger partial charge in [0.1, 0.15) is 5.01 Å². The Morgan fingerprint density at radius 3 is 3.00 bits per heavy atom. The van der Waals surface area contributed by atoms with Gasteiger partial charge in [-0.2, -0.15) is 0 Å². The smallest absolute Gasteiger partial charge is 0.331 e. The number of rotatable bonds is 3. The molecule has 0 aliphatic heterocycles. The molecule has 12 heavy (non-hydrogen) atoms. The topological polar surface area (TPSA) is 50.2 Å². The van der Waals surface area contributed by atoms with Crippen LogP contribution >= 0.6 is 11.3 Å². The molecule has 0 fully saturated rings. The number of thiazole rings is 1. The van der Waals surface area contributed by atoms with E-state index in [2.05, 4.69) is 4.98 Å². The molecular weight excluding hydrogens is 174 g/mol. The fourth-order valence-corrected chi connectivity index (χ4v) is 1.36. The lowest BCUT2D eigenvalue weighted by atomic mass is 10.2. The highest BCUT2D eigenvalue weighted by Crippen LogP contribution is 2.11. The molecule has 0 aromatic carbocycles. The van der Waals surface area contributed by atoms with Crippen LogP contribution in [0.4, 0.5) is 0 Å². The summed E-state index contributed by atoms with van der Waals surface area (Å²) >= 11 is 1.43. The summed E-state index contributed by atoms with van der Waals surface area (Å²) in [5, 5.41) is 11.2. The third-order valence-corrected chi connectivity index (χ3v) is 2.13. The number of hydrogen-bond acceptors (Lipinski definition) is 3. The lowest BCUT2D eigenvalue weighted by molar-refractivity contribution is -0.132. The molecule has 1 aromatic rings. The van der Waals surface area contributed by atoms with Crippen molar-refractivity contribution in [1.82, 2.24) is 4.98 Å². The second-order valence-electron chi connectivity index (χ2n) is 2.20. The summed E-state index contributed by atoms with van der Waals surface area (Å²) in [4.78, 5) is 14.5. The van der Waals surface area contributed by atoms with Crippen LogP contribution in [0.3, 0.4) is 0 Å². The highest BCUT2D eigenvalue weighted by Gasteiger charge is 2.04. The van der Waals surface area contributed by atoms with Crippen molar-refractivity contribution in [3.8, 4) is 0 Å². The Morgan fingerprint density at radius 1 is 1.83 bits per heavy atom. The lowest BCUT2D eigenvalue weighted by Crippen LogP contribution is -1.98. The summed E-state index contributed by atoms with van der Waals surface area (Å²) in [6.45, 7) is 1.81. The SMILES string of the molecule is CC/C(=C\c1nccs1)C(=O)O. The van der Waals surface area contributed by atoms with E-state index in [1.807, 2.05) is 12.3 Å². The zero-order chi connectivity index (χ0) is 8.97. The molecule has 0 radical (unpaired) electrons. The minimum atomic E-state index is -0.868. The van der Waals surface area contributed by atoms with E-state index in [9.17, 15) is 4.79 Å². The van der Waals surface area contributed by atoms with Gasteiger partial charge in [-0.1, -0.05) is 6.92 Å². The molecular formula is C8H9NO2S. The molecule has 1 heterocycles. The van der Waals surface area contributed by atoms with Crippen LogP contribution in [0.2, 0.25) is 0 Å². The number of aromatic nitrogens is 1. The summed E-state index contributed by atoms with van der Waals surface area (Å²) in [5.41, 5.74) is 0.393. The Morgan fingerprint density at radius 2 is 2.58 bits per heavy atom. The number of carboxylic acid groups (broad SMARTS) is 1. The first kappa shape index (κ1) is 8.93. The van der Waals surface area contributed by atoms with Gasteiger partial charge in [-0.15, -0.1) is 11.3 Å². The first-order valence-corrected chi connectivity index (χ1v) is 4.45. The van der Waals surface area contributed by atoms with Crippen molar-refractivity contribution >= 4 is 23.4 Å². The maximum atomic E-state index is 10.6. The number of carbonyl (C=O) groups is 1. The molecule has 64 valence electrons. The highest BCUT2D eigenvalue weighted by atomic mass is 32.1. The number of aliphatic carboxylic acids is 1. The van der Waals surface area contributed by atoms with Crippen LogP contribution in [0.15, 0.2) is 17.2 Å². The Kier molecular flexibility index (Phi) is 2.99. The molecule has 0 unspecified atom stereocenters. The Bertz CT molecular complexity index is 290. The van der Waals surface area contributed by atoms with Crippen molar-refractivity contribution < 1.29 is 9.90 Å². The van der Waals surface area contributed by atoms with Crippen LogP contribution < -0.4 is 0 Å². The van der Waals surface area contributed by atoms with Crippen molar-refractivity contribution in [2.24, 2.45) is 0 Å². The minimum absolute atomic E-state index is 0.393. The van der Waals surface area contributed by atoms with Crippen LogP contribution in [0.25, 0.3) is 6.08 Å². The van der Waals surface area contributed by atoms with E-state index in [1.54, 1.807) is 12.3 Å². The van der Waals surface area contributed by atoms with E-state index in [0.29, 0.717) is 12.0 Å². The maximum absolute atomic E-state index is 10.6. The average molecular weight is 183 g/mol. The van der Waals surface area contributed by atoms with E-state index in [1.165, 1.54) is 11.3 Å². The highest BCUT2D eigenvalue weighted by molar-refractivity contribution is 7.10. The Hall–Kier alpha value is -1.16. The zero-order valence-corrected chi connectivity index (χ0v) is 7.47. The molecule has 0 amide bonds. The molecule has 0 bridgehead atoms. The molecule has 1 rings (SSSR count). The van der Waals surface area contributed by atoms with Gasteiger partial charge < -0.3 is 5.11 Å². The Balaban J connectivity index is 2.85. The van der Waals surface area contributed by atoms with Crippen molar-refractivity contribution in [2.75, 3.05) is 0 Å². The summed E-state index contributed by atoms with van der Waals surface area (Å²) in [5.74, 6) is -0.868. The molecule has 4 heteroatoms. The van der Waals surface area contributed by atoms with Gasteiger partial charge in [-0.05, 0) is 12.5 Å². The van der Waals surface area contributed by atoms with Gasteiger partial charge in [0.05, 0.1) is 0 Å². The fraction of sp³-hybridized carbons (Fsp3) is 0.250. The van der Waals surface area contributed by atoms with E-state index in [-0.39, 0.29) is 0 Å². The third-order valence-electron chi connectivity index (χ3n) is 1.40. The van der Waals surface area contributed by atoms with Crippen LogP contribution in [0, 0.1) is 0 Å². The first-order chi connectivity index (χ1) is 5.74. The lowest BCUT2D eigenvalue weighted by Gasteiger charge is -1.93. The Labute approximate surface area is 74.4 Å². The van der Waals surface area contributed by atoms with Crippen molar-refractivity contribution in [3.05, 3.63) is 22.2 Å². The largest absolute Gasteiger partial charge is 0.478 e. The monoisotopic (exact) mass is 183 g/mol. The molecule has 0 spiro atoms. The normalized spacial score (nSPS) is 11.6. The number of hydrogen-bond donors (Lipinski definition) is 1. The predicted molar refractivity (Wildman–Crippen MR) is 48.0 cm³/mol. The summed E-state index contributed by atoms with van der Waals surface area (Å²) < 4.78 is 0. The molecule has 0 saturated heterocycles. The molecule has 1 N–H and O–H groups in total. The average Bonchev–Trinajstić information content (AvgIpc) is 2.51. The van der Waals surface area contributed by atoms with Crippen LogP contribution in [-0.4, -0.2) is 16.1 Å². The van der Waals surface area contributed by atoms with E-state index in [4.69, 9.17) is 5.11 Å². The second kappa shape index (κ2) is 4.01. The molecule has 3 nitrogen and oxygen atoms in total. The van der Waals surface area contributed by atoms with Gasteiger partial charge in [0.2, 0.25) is 0 Å². The van der Waals surface area contributed by atoms with E-state index < -0.39 is 5.97 Å². The first-order valence-electron chi connectivity index (χ1n) is 3.57. The van der Waals surface area contributed by atoms with Crippen LogP contribution in [-0.2, 0) is 4.79 Å². The summed E-state index contributed by atoms with van der Waals surface area (Å²) in [6, 6.07) is 0. The van der Waals surface area contributed by atoms with Gasteiger partial charge >= 0.3 is 5.97 Å². The van der Waals surface area contributed by atoms with E-state index >= 15 is 0 Å². The molecule has 0 saturated carbocycles. The summed E-state index contributed by atoms with van der Waals surface area (Å²) in [6.07, 6.45) is 3.79. The van der Waals surface area contributed by atoms with Gasteiger partial charge in [0.15, 0.2) is 0 Å². The van der Waals surface area contributed by atoms with Crippen molar-refractivity contribution in [1.29, 1.82) is 0 Å². The van der Waals surface area contributed by atoms with Gasteiger partial charge in [-0.3, -0.25) is 0 Å². The predicted octanol–water partition coefficient (Wildman–Crippen LogP) is 2.02. The third kappa shape index (κ3) is 2.17. The van der Waals surface area contributed by atoms with Gasteiger partial charge in [-0.25, -0.2) is 9.78 Å². The fourth-order valence-electron chi connectivity index (χ4n) is 0.770. The standard InChI is InChI=1S/C8H9NO2S/c1-2-6(8(10)11)5-7-9-3-4-12-7/h3-5H,2H2,1H3,(H,10,11)/b6-5+. The van der Waals surface area contributed by atoms with Crippen LogP contribution in [0.1, 0.15) is 18.4 Å². The van der Waals surface area contributed by atoms with Gasteiger partial charge in [0, 0.05) is 17.2 Å². The molecule has 0 aliphatic rings. The van der Waals surface area contributed by atoms with Crippen molar-refractivity contribution in [2.45, 2.75) is 13.3 Å². The minimum Gasteiger partial charge on any atom is -0.478 e. The summed E-state index contributed by atoms with van der Waals surface area (Å²) in [7, 11) is 0. The number of carboxylic acids is 1. The number of nitrogens with zero attached hydrogens (tertiary/aromatic N) is 1.